The number of aryl methyl sites for hydroxylation is 3. The van der Waals surface area contributed by atoms with E-state index in [2.05, 4.69) is 30.3 Å². The first kappa shape index (κ1) is 19.2. The van der Waals surface area contributed by atoms with Crippen molar-refractivity contribution >= 4 is 23.1 Å². The molecular weight excluding hydrogens is 358 g/mol. The molecule has 27 heavy (non-hydrogen) atoms. The van der Waals surface area contributed by atoms with Gasteiger partial charge in [0.25, 0.3) is 5.91 Å². The molecule has 0 aliphatic rings. The zero-order valence-electron chi connectivity index (χ0n) is 16.4. The van der Waals surface area contributed by atoms with Crippen LogP contribution in [0, 0.1) is 20.8 Å². The van der Waals surface area contributed by atoms with Gasteiger partial charge in [-0.05, 0) is 69.3 Å². The van der Waals surface area contributed by atoms with Crippen molar-refractivity contribution in [2.75, 3.05) is 5.32 Å². The van der Waals surface area contributed by atoms with E-state index in [4.69, 9.17) is 4.74 Å². The summed E-state index contributed by atoms with van der Waals surface area (Å²) < 4.78 is 7.70. The molecular formula is C21H25N3O2S. The van der Waals surface area contributed by atoms with Gasteiger partial charge in [-0.15, -0.1) is 11.3 Å². The lowest BCUT2D eigenvalue weighted by atomic mass is 10.1. The Morgan fingerprint density at radius 1 is 1.15 bits per heavy atom. The normalized spacial score (nSPS) is 11.0. The van der Waals surface area contributed by atoms with E-state index in [1.54, 1.807) is 0 Å². The summed E-state index contributed by atoms with van der Waals surface area (Å²) in [7, 11) is 0. The second kappa shape index (κ2) is 7.96. The molecule has 0 spiro atoms. The third-order valence-electron chi connectivity index (χ3n) is 4.07. The Kier molecular flexibility index (Phi) is 5.65. The number of carbonyl (C=O) groups is 1. The number of nitrogens with zero attached hydrogens (tertiary/aromatic N) is 2. The van der Waals surface area contributed by atoms with E-state index in [-0.39, 0.29) is 11.9 Å². The van der Waals surface area contributed by atoms with Gasteiger partial charge in [-0.3, -0.25) is 4.79 Å². The molecule has 6 heteroatoms. The summed E-state index contributed by atoms with van der Waals surface area (Å²) in [5.74, 6) is 1.44. The first-order valence-corrected chi connectivity index (χ1v) is 9.86. The quantitative estimate of drug-likeness (QED) is 0.630. The van der Waals surface area contributed by atoms with Crippen molar-refractivity contribution in [3.8, 4) is 5.75 Å². The predicted octanol–water partition coefficient (Wildman–Crippen LogP) is 5.28. The number of anilines is 1. The third-order valence-corrected chi connectivity index (χ3v) is 5.04. The number of rotatable bonds is 6. The number of carbonyl (C=O) groups excluding carboxylic acids is 1. The largest absolute Gasteiger partial charge is 0.489 e. The number of hydrogen-bond donors (Lipinski definition) is 1. The Balaban J connectivity index is 1.65. The molecule has 3 rings (SSSR count). The average Bonchev–Trinajstić information content (AvgIpc) is 3.19. The number of benzene rings is 1. The SMILES string of the molecule is Cc1cc(C)cc(OCc2csc(C(=O)Nc3cc(C)nn3C(C)C)c2)c1. The van der Waals surface area contributed by atoms with Crippen LogP contribution in [-0.4, -0.2) is 15.7 Å². The van der Waals surface area contributed by atoms with Gasteiger partial charge in [0.1, 0.15) is 18.2 Å². The van der Waals surface area contributed by atoms with Crippen LogP contribution in [0.1, 0.15) is 51.9 Å². The van der Waals surface area contributed by atoms with Crippen LogP contribution in [-0.2, 0) is 6.61 Å². The van der Waals surface area contributed by atoms with E-state index >= 15 is 0 Å². The third kappa shape index (κ3) is 4.77. The highest BCUT2D eigenvalue weighted by molar-refractivity contribution is 7.12. The van der Waals surface area contributed by atoms with Crippen LogP contribution >= 0.6 is 11.3 Å². The predicted molar refractivity (Wildman–Crippen MR) is 110 cm³/mol. The molecule has 3 aromatic rings. The summed E-state index contributed by atoms with van der Waals surface area (Å²) in [6, 6.07) is 10.1. The number of amides is 1. The van der Waals surface area contributed by atoms with Crippen molar-refractivity contribution in [2.45, 2.75) is 47.3 Å². The maximum Gasteiger partial charge on any atom is 0.266 e. The monoisotopic (exact) mass is 383 g/mol. The summed E-state index contributed by atoms with van der Waals surface area (Å²) in [6.07, 6.45) is 0. The zero-order chi connectivity index (χ0) is 19.6. The number of aromatic nitrogens is 2. The maximum atomic E-state index is 12.6. The lowest BCUT2D eigenvalue weighted by Gasteiger charge is -2.11. The second-order valence-corrected chi connectivity index (χ2v) is 8.01. The first-order chi connectivity index (χ1) is 12.8. The highest BCUT2D eigenvalue weighted by atomic mass is 32.1. The van der Waals surface area contributed by atoms with E-state index in [1.165, 1.54) is 22.5 Å². The molecule has 1 N–H and O–H groups in total. The van der Waals surface area contributed by atoms with Gasteiger partial charge < -0.3 is 10.1 Å². The van der Waals surface area contributed by atoms with Gasteiger partial charge in [0.05, 0.1) is 10.6 Å². The smallest absolute Gasteiger partial charge is 0.266 e. The van der Waals surface area contributed by atoms with E-state index in [1.807, 2.05) is 55.1 Å². The molecule has 0 aliphatic carbocycles. The maximum absolute atomic E-state index is 12.6. The standard InChI is InChI=1S/C21H25N3O2S/c1-13(2)24-20(9-16(5)23-24)22-21(25)19-10-17(12-27-19)11-26-18-7-14(3)6-15(4)8-18/h6-10,12-13H,11H2,1-5H3,(H,22,25). The van der Waals surface area contributed by atoms with Gasteiger partial charge in [-0.2, -0.15) is 5.10 Å². The van der Waals surface area contributed by atoms with Crippen LogP contribution in [0.25, 0.3) is 0 Å². The summed E-state index contributed by atoms with van der Waals surface area (Å²) in [5.41, 5.74) is 4.21. The van der Waals surface area contributed by atoms with Gasteiger partial charge in [0.2, 0.25) is 0 Å². The fourth-order valence-electron chi connectivity index (χ4n) is 2.93. The van der Waals surface area contributed by atoms with Crippen LogP contribution < -0.4 is 10.1 Å². The Hall–Kier alpha value is -2.60. The number of ether oxygens (including phenoxy) is 1. The molecule has 2 aromatic heterocycles. The average molecular weight is 384 g/mol. The molecule has 2 heterocycles. The van der Waals surface area contributed by atoms with Crippen molar-refractivity contribution in [1.29, 1.82) is 0 Å². The van der Waals surface area contributed by atoms with E-state index in [0.717, 1.165) is 17.0 Å². The van der Waals surface area contributed by atoms with Gasteiger partial charge in [-0.1, -0.05) is 6.07 Å². The zero-order valence-corrected chi connectivity index (χ0v) is 17.2. The van der Waals surface area contributed by atoms with Crippen molar-refractivity contribution < 1.29 is 9.53 Å². The van der Waals surface area contributed by atoms with Crippen molar-refractivity contribution in [2.24, 2.45) is 0 Å². The fraction of sp³-hybridized carbons (Fsp3) is 0.333. The van der Waals surface area contributed by atoms with Crippen molar-refractivity contribution in [3.05, 3.63) is 63.0 Å². The van der Waals surface area contributed by atoms with Crippen LogP contribution in [0.3, 0.4) is 0 Å². The van der Waals surface area contributed by atoms with Gasteiger partial charge in [0.15, 0.2) is 0 Å². The lowest BCUT2D eigenvalue weighted by Crippen LogP contribution is -2.15. The molecule has 5 nitrogen and oxygen atoms in total. The molecule has 0 bridgehead atoms. The first-order valence-electron chi connectivity index (χ1n) is 8.98. The number of hydrogen-bond acceptors (Lipinski definition) is 4. The molecule has 0 aliphatic heterocycles. The molecule has 0 fully saturated rings. The molecule has 142 valence electrons. The molecule has 0 unspecified atom stereocenters. The van der Waals surface area contributed by atoms with E-state index in [0.29, 0.717) is 17.3 Å². The van der Waals surface area contributed by atoms with Gasteiger partial charge >= 0.3 is 0 Å². The molecule has 0 radical (unpaired) electrons. The molecule has 1 amide bonds. The van der Waals surface area contributed by atoms with Crippen molar-refractivity contribution in [3.63, 3.8) is 0 Å². The lowest BCUT2D eigenvalue weighted by molar-refractivity contribution is 0.102. The highest BCUT2D eigenvalue weighted by Gasteiger charge is 2.15. The van der Waals surface area contributed by atoms with Gasteiger partial charge in [0, 0.05) is 17.7 Å². The Morgan fingerprint density at radius 2 is 1.85 bits per heavy atom. The van der Waals surface area contributed by atoms with Crippen LogP contribution in [0.15, 0.2) is 35.7 Å². The Labute approximate surface area is 164 Å². The Bertz CT molecular complexity index is 936. The molecule has 0 atom stereocenters. The van der Waals surface area contributed by atoms with Crippen LogP contribution in [0.2, 0.25) is 0 Å². The van der Waals surface area contributed by atoms with Crippen molar-refractivity contribution in [1.82, 2.24) is 9.78 Å². The summed E-state index contributed by atoms with van der Waals surface area (Å²) in [5, 5.41) is 9.35. The number of thiophene rings is 1. The van der Waals surface area contributed by atoms with E-state index < -0.39 is 0 Å². The van der Waals surface area contributed by atoms with E-state index in [9.17, 15) is 4.79 Å². The topological polar surface area (TPSA) is 56.1 Å². The van der Waals surface area contributed by atoms with Gasteiger partial charge in [-0.25, -0.2) is 4.68 Å². The van der Waals surface area contributed by atoms with Crippen LogP contribution in [0.5, 0.6) is 5.75 Å². The highest BCUT2D eigenvalue weighted by Crippen LogP contribution is 2.22. The summed E-state index contributed by atoms with van der Waals surface area (Å²) in [4.78, 5) is 13.2. The summed E-state index contributed by atoms with van der Waals surface area (Å²) >= 11 is 1.42. The molecule has 0 saturated carbocycles. The second-order valence-electron chi connectivity index (χ2n) is 7.09. The minimum absolute atomic E-state index is 0.126. The minimum atomic E-state index is -0.126. The number of nitrogens with one attached hydrogen (secondary N) is 1. The summed E-state index contributed by atoms with van der Waals surface area (Å²) in [6.45, 7) is 10.5. The molecule has 0 saturated heterocycles. The minimum Gasteiger partial charge on any atom is -0.489 e. The Morgan fingerprint density at radius 3 is 2.52 bits per heavy atom. The fourth-order valence-corrected chi connectivity index (χ4v) is 3.73. The molecule has 1 aromatic carbocycles. The van der Waals surface area contributed by atoms with Crippen LogP contribution in [0.4, 0.5) is 5.82 Å².